The van der Waals surface area contributed by atoms with Gasteiger partial charge in [-0.25, -0.2) is 18.4 Å². The summed E-state index contributed by atoms with van der Waals surface area (Å²) in [5.41, 5.74) is 6.47. The van der Waals surface area contributed by atoms with Crippen molar-refractivity contribution in [2.75, 3.05) is 0 Å². The van der Waals surface area contributed by atoms with Crippen molar-refractivity contribution in [3.05, 3.63) is 190 Å². The molecule has 0 aliphatic heterocycles. The van der Waals surface area contributed by atoms with Crippen LogP contribution in [-0.4, -0.2) is 42.9 Å². The first kappa shape index (κ1) is 39.4. The number of ketones is 2. The summed E-state index contributed by atoms with van der Waals surface area (Å²) in [6.45, 7) is 0.984. The Hall–Kier alpha value is -6.88. The highest BCUT2D eigenvalue weighted by molar-refractivity contribution is 6.43. The smallest absolute Gasteiger partial charge is 0.377 e. The molecule has 2 N–H and O–H groups in total. The average molecular weight is 816 g/mol. The molecule has 0 bridgehead atoms. The lowest BCUT2D eigenvalue weighted by Crippen LogP contribution is -2.12. The van der Waals surface area contributed by atoms with Gasteiger partial charge < -0.3 is 19.3 Å². The molecular weight excluding hydrogens is 785 g/mol. The van der Waals surface area contributed by atoms with Gasteiger partial charge in [-0.15, -0.1) is 0 Å². The number of Topliss-reactive ketones (excluding diaryl/α,β-unsaturated/α-hetero) is 2. The zero-order valence-corrected chi connectivity index (χ0v) is 31.7. The maximum atomic E-state index is 13.5. The fraction of sp³-hybridized carbons (Fsp3) is 0.0435. The highest BCUT2D eigenvalue weighted by Crippen LogP contribution is 2.33. The van der Waals surface area contributed by atoms with Crippen LogP contribution in [0.1, 0.15) is 31.8 Å². The SMILES string of the molecule is O=C(O)C(=O)c1cn(Cc2ccccc2)c2ccc(-c3ccc(F)c(Cl)c3)cc12.O=C(O)C(=O)c1cn(Cc2ccccc2)c2ccc(-c3ccc(F)c(Cl)c3)cc12. The summed E-state index contributed by atoms with van der Waals surface area (Å²) < 4.78 is 30.7. The summed E-state index contributed by atoms with van der Waals surface area (Å²) in [4.78, 5) is 47.2. The molecule has 0 unspecified atom stereocenters. The van der Waals surface area contributed by atoms with Crippen LogP contribution in [0.25, 0.3) is 44.1 Å². The summed E-state index contributed by atoms with van der Waals surface area (Å²) in [6.07, 6.45) is 3.13. The van der Waals surface area contributed by atoms with Crippen molar-refractivity contribution in [2.24, 2.45) is 0 Å². The molecule has 288 valence electrons. The number of carbonyl (C=O) groups excluding carboxylic acids is 2. The van der Waals surface area contributed by atoms with E-state index in [4.69, 9.17) is 23.2 Å². The number of halogens is 4. The molecule has 0 radical (unpaired) electrons. The summed E-state index contributed by atoms with van der Waals surface area (Å²) in [7, 11) is 0. The molecule has 8 rings (SSSR count). The zero-order valence-electron chi connectivity index (χ0n) is 30.2. The molecule has 2 aromatic heterocycles. The lowest BCUT2D eigenvalue weighted by atomic mass is 10.0. The highest BCUT2D eigenvalue weighted by Gasteiger charge is 2.23. The van der Waals surface area contributed by atoms with Crippen LogP contribution >= 0.6 is 23.2 Å². The molecule has 8 nitrogen and oxygen atoms in total. The molecule has 0 atom stereocenters. The molecule has 0 amide bonds. The van der Waals surface area contributed by atoms with Crippen LogP contribution in [0.5, 0.6) is 0 Å². The van der Waals surface area contributed by atoms with Gasteiger partial charge in [0.25, 0.3) is 11.6 Å². The lowest BCUT2D eigenvalue weighted by Gasteiger charge is -2.07. The van der Waals surface area contributed by atoms with Gasteiger partial charge in [0.05, 0.1) is 21.2 Å². The third-order valence-corrected chi connectivity index (χ3v) is 10.1. The number of benzene rings is 6. The van der Waals surface area contributed by atoms with Crippen LogP contribution < -0.4 is 0 Å². The van der Waals surface area contributed by atoms with Crippen LogP contribution in [0, 0.1) is 11.6 Å². The van der Waals surface area contributed by atoms with Gasteiger partial charge in [0, 0.05) is 47.3 Å². The summed E-state index contributed by atoms with van der Waals surface area (Å²) >= 11 is 11.8. The first-order valence-electron chi connectivity index (χ1n) is 17.7. The van der Waals surface area contributed by atoms with E-state index in [1.807, 2.05) is 94.1 Å². The Kier molecular flexibility index (Phi) is 11.3. The highest BCUT2D eigenvalue weighted by atomic mass is 35.5. The molecule has 0 spiro atoms. The van der Waals surface area contributed by atoms with Gasteiger partial charge in [0.2, 0.25) is 0 Å². The third-order valence-electron chi connectivity index (χ3n) is 9.54. The predicted molar refractivity (Wildman–Crippen MR) is 220 cm³/mol. The van der Waals surface area contributed by atoms with Gasteiger partial charge in [0.15, 0.2) is 0 Å². The van der Waals surface area contributed by atoms with Crippen LogP contribution in [0.2, 0.25) is 10.0 Å². The van der Waals surface area contributed by atoms with Gasteiger partial charge in [0.1, 0.15) is 11.6 Å². The maximum absolute atomic E-state index is 13.5. The number of rotatable bonds is 10. The van der Waals surface area contributed by atoms with E-state index in [0.29, 0.717) is 46.1 Å². The Morgan fingerprint density at radius 2 is 0.828 bits per heavy atom. The van der Waals surface area contributed by atoms with E-state index >= 15 is 0 Å². The minimum absolute atomic E-state index is 0.00826. The number of aromatic nitrogens is 2. The molecule has 8 aromatic rings. The molecule has 2 heterocycles. The Balaban J connectivity index is 0.000000177. The largest absolute Gasteiger partial charge is 0.475 e. The molecule has 0 fully saturated rings. The second-order valence-corrected chi connectivity index (χ2v) is 14.1. The van der Waals surface area contributed by atoms with E-state index in [2.05, 4.69) is 0 Å². The first-order valence-corrected chi connectivity index (χ1v) is 18.4. The second kappa shape index (κ2) is 16.7. The summed E-state index contributed by atoms with van der Waals surface area (Å²) in [5.74, 6) is -6.02. The fourth-order valence-corrected chi connectivity index (χ4v) is 7.08. The number of fused-ring (bicyclic) bond motifs is 2. The van der Waals surface area contributed by atoms with Gasteiger partial charge in [-0.05, 0) is 81.9 Å². The van der Waals surface area contributed by atoms with E-state index in [1.54, 1.807) is 36.7 Å². The Labute approximate surface area is 339 Å². The number of carboxylic acid groups (broad SMARTS) is 2. The fourth-order valence-electron chi connectivity index (χ4n) is 6.72. The molecular formula is C46H30Cl2F2N2O6. The standard InChI is InChI=1S/2C23H15ClFNO3/c2*24-19-11-16(6-8-20(19)25)15-7-9-21-17(10-15)18(22(27)23(28)29)13-26(21)12-14-4-2-1-3-5-14/h2*1-11,13H,12H2,(H,28,29). The quantitative estimate of drug-likeness (QED) is 0.105. The number of hydrogen-bond acceptors (Lipinski definition) is 4. The van der Waals surface area contributed by atoms with E-state index in [-0.39, 0.29) is 21.2 Å². The van der Waals surface area contributed by atoms with Crippen LogP contribution in [0.15, 0.2) is 146 Å². The number of carboxylic acids is 2. The molecule has 0 aliphatic carbocycles. The van der Waals surface area contributed by atoms with Crippen LogP contribution in [0.4, 0.5) is 8.78 Å². The lowest BCUT2D eigenvalue weighted by molar-refractivity contribution is -0.132. The minimum Gasteiger partial charge on any atom is -0.475 e. The van der Waals surface area contributed by atoms with Crippen LogP contribution in [-0.2, 0) is 22.7 Å². The van der Waals surface area contributed by atoms with Crippen molar-refractivity contribution >= 4 is 68.5 Å². The third kappa shape index (κ3) is 8.29. The Bertz CT molecular complexity index is 2690. The summed E-state index contributed by atoms with van der Waals surface area (Å²) in [6, 6.07) is 38.8. The van der Waals surface area contributed by atoms with Gasteiger partial charge in [-0.2, -0.15) is 0 Å². The molecule has 12 heteroatoms. The number of nitrogens with zero attached hydrogens (tertiary/aromatic N) is 2. The number of aliphatic carboxylic acids is 2. The summed E-state index contributed by atoms with van der Waals surface area (Å²) in [5, 5.41) is 19.5. The van der Waals surface area contributed by atoms with E-state index < -0.39 is 35.1 Å². The molecule has 0 saturated heterocycles. The predicted octanol–water partition coefficient (Wildman–Crippen LogP) is 10.8. The zero-order chi connectivity index (χ0) is 41.1. The van der Waals surface area contributed by atoms with E-state index in [0.717, 1.165) is 22.2 Å². The first-order chi connectivity index (χ1) is 27.9. The van der Waals surface area contributed by atoms with Gasteiger partial charge >= 0.3 is 11.9 Å². The normalized spacial score (nSPS) is 11.0. The van der Waals surface area contributed by atoms with Crippen molar-refractivity contribution in [3.8, 4) is 22.3 Å². The van der Waals surface area contributed by atoms with Crippen molar-refractivity contribution < 1.29 is 38.2 Å². The number of hydrogen-bond donors (Lipinski definition) is 2. The van der Waals surface area contributed by atoms with E-state index in [1.165, 1.54) is 24.3 Å². The van der Waals surface area contributed by atoms with E-state index in [9.17, 15) is 38.2 Å². The Morgan fingerprint density at radius 3 is 1.17 bits per heavy atom. The van der Waals surface area contributed by atoms with Crippen molar-refractivity contribution in [1.82, 2.24) is 9.13 Å². The molecule has 0 aliphatic rings. The average Bonchev–Trinajstić information content (AvgIpc) is 3.77. The monoisotopic (exact) mass is 814 g/mol. The number of carbonyl (C=O) groups is 4. The Morgan fingerprint density at radius 1 is 0.483 bits per heavy atom. The topological polar surface area (TPSA) is 119 Å². The molecule has 6 aromatic carbocycles. The second-order valence-electron chi connectivity index (χ2n) is 13.3. The van der Waals surface area contributed by atoms with Gasteiger partial charge in [-0.1, -0.05) is 108 Å². The minimum atomic E-state index is -1.51. The molecule has 0 saturated carbocycles. The molecule has 58 heavy (non-hydrogen) atoms. The van der Waals surface area contributed by atoms with Crippen LogP contribution in [0.3, 0.4) is 0 Å². The van der Waals surface area contributed by atoms with Crippen molar-refractivity contribution in [2.45, 2.75) is 13.1 Å². The van der Waals surface area contributed by atoms with Gasteiger partial charge in [-0.3, -0.25) is 9.59 Å². The maximum Gasteiger partial charge on any atom is 0.377 e. The van der Waals surface area contributed by atoms with Crippen molar-refractivity contribution in [1.29, 1.82) is 0 Å². The van der Waals surface area contributed by atoms with Crippen molar-refractivity contribution in [3.63, 3.8) is 0 Å².